The topological polar surface area (TPSA) is 71.5 Å². The normalized spacial score (nSPS) is 21.8. The first kappa shape index (κ1) is 19.2. The van der Waals surface area contributed by atoms with Crippen molar-refractivity contribution < 1.29 is 18.7 Å². The highest BCUT2D eigenvalue weighted by molar-refractivity contribution is 6.08. The largest absolute Gasteiger partial charge is 0.496 e. The molecule has 1 saturated heterocycles. The Hall–Kier alpha value is -3.74. The zero-order valence-corrected chi connectivity index (χ0v) is 16.8. The number of fused-ring (bicyclic) bond motifs is 2. The van der Waals surface area contributed by atoms with E-state index in [0.29, 0.717) is 13.0 Å². The summed E-state index contributed by atoms with van der Waals surface area (Å²) in [6, 6.07) is 14.5. The van der Waals surface area contributed by atoms with Gasteiger partial charge in [0.2, 0.25) is 5.91 Å². The standard InChI is InChI=1S/C24H20FN3O3/c1-31-20-9-8-16(25)13-17(20)22(29)28-12-10-24(21(28)15-5-4-11-26-14-15)18-6-2-3-7-19(18)27-23(24)30/h2-9,11,13-14,21H,10,12H2,1H3,(H,27,30). The number of amides is 2. The summed E-state index contributed by atoms with van der Waals surface area (Å²) in [7, 11) is 1.44. The Morgan fingerprint density at radius 3 is 2.84 bits per heavy atom. The Kier molecular flexibility index (Phi) is 4.46. The molecule has 5 rings (SSSR count). The summed E-state index contributed by atoms with van der Waals surface area (Å²) in [4.78, 5) is 32.9. The third kappa shape index (κ3) is 2.80. The molecule has 6 nitrogen and oxygen atoms in total. The number of halogens is 1. The van der Waals surface area contributed by atoms with E-state index in [-0.39, 0.29) is 23.1 Å². The Morgan fingerprint density at radius 1 is 1.23 bits per heavy atom. The van der Waals surface area contributed by atoms with Crippen LogP contribution >= 0.6 is 0 Å². The van der Waals surface area contributed by atoms with Crippen LogP contribution in [0.3, 0.4) is 0 Å². The van der Waals surface area contributed by atoms with Crippen LogP contribution in [-0.2, 0) is 10.2 Å². The lowest BCUT2D eigenvalue weighted by Crippen LogP contribution is -2.42. The summed E-state index contributed by atoms with van der Waals surface area (Å²) in [6.07, 6.45) is 3.77. The van der Waals surface area contributed by atoms with Gasteiger partial charge in [0.25, 0.3) is 5.91 Å². The molecular formula is C24H20FN3O3. The maximum absolute atomic E-state index is 14.0. The Bertz CT molecular complexity index is 1180. The van der Waals surface area contributed by atoms with Crippen LogP contribution in [-0.4, -0.2) is 35.4 Å². The number of methoxy groups -OCH3 is 1. The number of carbonyl (C=O) groups excluding carboxylic acids is 2. The number of rotatable bonds is 3. The molecule has 0 radical (unpaired) electrons. The van der Waals surface area contributed by atoms with Gasteiger partial charge in [-0.25, -0.2) is 4.39 Å². The number of anilines is 1. The smallest absolute Gasteiger partial charge is 0.258 e. The third-order valence-electron chi connectivity index (χ3n) is 6.24. The Balaban J connectivity index is 1.67. The maximum Gasteiger partial charge on any atom is 0.258 e. The lowest BCUT2D eigenvalue weighted by molar-refractivity contribution is -0.121. The van der Waals surface area contributed by atoms with Crippen molar-refractivity contribution in [3.05, 3.63) is 89.5 Å². The van der Waals surface area contributed by atoms with Gasteiger partial charge in [0.1, 0.15) is 17.0 Å². The fraction of sp³-hybridized carbons (Fsp3) is 0.208. The molecule has 1 N–H and O–H groups in total. The summed E-state index contributed by atoms with van der Waals surface area (Å²) in [5.41, 5.74) is 1.53. The molecule has 2 aliphatic heterocycles. The highest BCUT2D eigenvalue weighted by atomic mass is 19.1. The van der Waals surface area contributed by atoms with Crippen molar-refractivity contribution in [2.45, 2.75) is 17.9 Å². The maximum atomic E-state index is 14.0. The molecule has 2 unspecified atom stereocenters. The van der Waals surface area contributed by atoms with Crippen LogP contribution in [0, 0.1) is 5.82 Å². The number of aromatic nitrogens is 1. The van der Waals surface area contributed by atoms with E-state index in [1.54, 1.807) is 23.4 Å². The molecule has 1 fully saturated rings. The molecule has 2 amide bonds. The molecule has 0 aliphatic carbocycles. The second-order valence-corrected chi connectivity index (χ2v) is 7.75. The van der Waals surface area contributed by atoms with E-state index in [2.05, 4.69) is 10.3 Å². The molecule has 0 saturated carbocycles. The zero-order valence-electron chi connectivity index (χ0n) is 16.8. The summed E-state index contributed by atoms with van der Waals surface area (Å²) < 4.78 is 19.3. The highest BCUT2D eigenvalue weighted by Crippen LogP contribution is 2.55. The van der Waals surface area contributed by atoms with Crippen molar-refractivity contribution in [2.75, 3.05) is 19.0 Å². The lowest BCUT2D eigenvalue weighted by atomic mass is 9.73. The summed E-state index contributed by atoms with van der Waals surface area (Å²) in [5, 5.41) is 2.98. The first-order valence-electron chi connectivity index (χ1n) is 10.0. The molecule has 2 atom stereocenters. The van der Waals surface area contributed by atoms with Gasteiger partial charge in [0.05, 0.1) is 18.7 Å². The van der Waals surface area contributed by atoms with E-state index in [0.717, 1.165) is 16.8 Å². The number of nitrogens with one attached hydrogen (secondary N) is 1. The van der Waals surface area contributed by atoms with Crippen molar-refractivity contribution >= 4 is 17.5 Å². The SMILES string of the molecule is COc1ccc(F)cc1C(=O)N1CCC2(C(=O)Nc3ccccc32)C1c1cccnc1. The monoisotopic (exact) mass is 417 g/mol. The molecule has 3 aromatic rings. The van der Waals surface area contributed by atoms with Gasteiger partial charge >= 0.3 is 0 Å². The number of hydrogen-bond acceptors (Lipinski definition) is 4. The van der Waals surface area contributed by atoms with Gasteiger partial charge in [0, 0.05) is 24.6 Å². The van der Waals surface area contributed by atoms with Crippen LogP contribution in [0.25, 0.3) is 0 Å². The molecule has 0 bridgehead atoms. The molecular weight excluding hydrogens is 397 g/mol. The van der Waals surface area contributed by atoms with E-state index in [1.807, 2.05) is 30.3 Å². The highest BCUT2D eigenvalue weighted by Gasteiger charge is 2.59. The number of ether oxygens (including phenoxy) is 1. The van der Waals surface area contributed by atoms with E-state index in [1.165, 1.54) is 25.3 Å². The van der Waals surface area contributed by atoms with Gasteiger partial charge in [-0.05, 0) is 47.9 Å². The number of likely N-dealkylation sites (tertiary alicyclic amines) is 1. The van der Waals surface area contributed by atoms with Gasteiger partial charge in [-0.1, -0.05) is 24.3 Å². The van der Waals surface area contributed by atoms with Crippen LogP contribution in [0.5, 0.6) is 5.75 Å². The fourth-order valence-corrected chi connectivity index (χ4v) is 4.91. The summed E-state index contributed by atoms with van der Waals surface area (Å²) >= 11 is 0. The van der Waals surface area contributed by atoms with E-state index < -0.39 is 17.3 Å². The minimum absolute atomic E-state index is 0.125. The minimum atomic E-state index is -0.949. The van der Waals surface area contributed by atoms with E-state index in [4.69, 9.17) is 4.74 Å². The van der Waals surface area contributed by atoms with Gasteiger partial charge in [-0.3, -0.25) is 14.6 Å². The van der Waals surface area contributed by atoms with Gasteiger partial charge in [-0.15, -0.1) is 0 Å². The molecule has 2 aliphatic rings. The van der Waals surface area contributed by atoms with Crippen molar-refractivity contribution in [1.82, 2.24) is 9.88 Å². The van der Waals surface area contributed by atoms with Gasteiger partial charge in [-0.2, -0.15) is 0 Å². The Morgan fingerprint density at radius 2 is 2.06 bits per heavy atom. The van der Waals surface area contributed by atoms with Crippen LogP contribution in [0.4, 0.5) is 10.1 Å². The number of nitrogens with zero attached hydrogens (tertiary/aromatic N) is 2. The number of para-hydroxylation sites is 1. The van der Waals surface area contributed by atoms with Crippen molar-refractivity contribution in [2.24, 2.45) is 0 Å². The van der Waals surface area contributed by atoms with Crippen LogP contribution < -0.4 is 10.1 Å². The molecule has 3 heterocycles. The Labute approximate surface area is 178 Å². The first-order chi connectivity index (χ1) is 15.1. The molecule has 7 heteroatoms. The van der Waals surface area contributed by atoms with E-state index >= 15 is 0 Å². The second kappa shape index (κ2) is 7.19. The van der Waals surface area contributed by atoms with Crippen LogP contribution in [0.15, 0.2) is 67.0 Å². The molecule has 2 aromatic carbocycles. The summed E-state index contributed by atoms with van der Waals surface area (Å²) in [5.74, 6) is -0.781. The second-order valence-electron chi connectivity index (χ2n) is 7.75. The van der Waals surface area contributed by atoms with Crippen LogP contribution in [0.2, 0.25) is 0 Å². The zero-order chi connectivity index (χ0) is 21.6. The van der Waals surface area contributed by atoms with Crippen molar-refractivity contribution in [3.8, 4) is 5.75 Å². The predicted octanol–water partition coefficient (Wildman–Crippen LogP) is 3.71. The number of carbonyl (C=O) groups is 2. The molecule has 1 spiro atoms. The molecule has 31 heavy (non-hydrogen) atoms. The number of pyridine rings is 1. The third-order valence-corrected chi connectivity index (χ3v) is 6.24. The number of benzene rings is 2. The molecule has 156 valence electrons. The van der Waals surface area contributed by atoms with E-state index in [9.17, 15) is 14.0 Å². The summed E-state index contributed by atoms with van der Waals surface area (Å²) in [6.45, 7) is 0.333. The average molecular weight is 417 g/mol. The van der Waals surface area contributed by atoms with Crippen LogP contribution in [0.1, 0.15) is 33.9 Å². The van der Waals surface area contributed by atoms with Crippen molar-refractivity contribution in [1.29, 1.82) is 0 Å². The number of hydrogen-bond donors (Lipinski definition) is 1. The van der Waals surface area contributed by atoms with Gasteiger partial charge in [0.15, 0.2) is 0 Å². The predicted molar refractivity (Wildman–Crippen MR) is 112 cm³/mol. The average Bonchev–Trinajstić information content (AvgIpc) is 3.33. The quantitative estimate of drug-likeness (QED) is 0.705. The minimum Gasteiger partial charge on any atom is -0.496 e. The van der Waals surface area contributed by atoms with Gasteiger partial charge < -0.3 is 15.0 Å². The molecule has 1 aromatic heterocycles. The lowest BCUT2D eigenvalue weighted by Gasteiger charge is -2.34. The fourth-order valence-electron chi connectivity index (χ4n) is 4.91. The van der Waals surface area contributed by atoms with Crippen molar-refractivity contribution in [3.63, 3.8) is 0 Å². The first-order valence-corrected chi connectivity index (χ1v) is 10.0.